The van der Waals surface area contributed by atoms with Gasteiger partial charge in [-0.3, -0.25) is 4.57 Å². The first-order valence-electron chi connectivity index (χ1n) is 8.57. The normalized spacial score (nSPS) is 24.1. The average Bonchev–Trinajstić information content (AvgIpc) is 3.22. The molecule has 0 aliphatic carbocycles. The summed E-state index contributed by atoms with van der Waals surface area (Å²) in [6.45, 7) is 3.80. The number of nitrogens with two attached hydrogens (primary N) is 1. The minimum absolute atomic E-state index is 0.145. The summed E-state index contributed by atoms with van der Waals surface area (Å²) in [6.07, 6.45) is 2.49. The largest absolute Gasteiger partial charge is 0.613 e. The number of imidazole rings is 1. The first kappa shape index (κ1) is 19.6. The van der Waals surface area contributed by atoms with Crippen molar-refractivity contribution in [2.75, 3.05) is 24.7 Å². The Morgan fingerprint density at radius 1 is 1.56 bits per heavy atom. The predicted molar refractivity (Wildman–Crippen MR) is 99.2 cm³/mol. The number of aromatic nitrogens is 4. The monoisotopic (exact) mass is 396 g/mol. The van der Waals surface area contributed by atoms with Crippen LogP contribution >= 0.6 is 8.18 Å². The number of hydrogen-bond donors (Lipinski definition) is 3. The SMILES string of the molecule is CNc1nc(N)nc2c1ncn2[C@@H]1O[C@H](CO[P+](=O)N[C@@H](C)C=O)C[C@@H]1C. The molecule has 0 saturated carbocycles. The first-order chi connectivity index (χ1) is 12.9. The van der Waals surface area contributed by atoms with Crippen LogP contribution in [0.2, 0.25) is 0 Å². The van der Waals surface area contributed by atoms with Crippen molar-refractivity contribution < 1.29 is 18.6 Å². The second-order valence-corrected chi connectivity index (χ2v) is 7.50. The van der Waals surface area contributed by atoms with Gasteiger partial charge in [-0.2, -0.15) is 9.97 Å². The van der Waals surface area contributed by atoms with Crippen LogP contribution < -0.4 is 16.1 Å². The van der Waals surface area contributed by atoms with Gasteiger partial charge < -0.3 is 20.6 Å². The number of nitrogens with zero attached hydrogens (tertiary/aromatic N) is 4. The van der Waals surface area contributed by atoms with Gasteiger partial charge in [0.1, 0.15) is 25.2 Å². The lowest BCUT2D eigenvalue weighted by Crippen LogP contribution is -2.22. The van der Waals surface area contributed by atoms with Crippen LogP contribution in [0.5, 0.6) is 0 Å². The van der Waals surface area contributed by atoms with E-state index in [0.717, 1.165) is 6.42 Å². The van der Waals surface area contributed by atoms with Crippen molar-refractivity contribution in [1.82, 2.24) is 24.6 Å². The molecule has 1 unspecified atom stereocenters. The number of aldehydes is 1. The topological polar surface area (TPSA) is 146 Å². The smallest absolute Gasteiger partial charge is 0.371 e. The number of rotatable bonds is 8. The number of hydrogen-bond acceptors (Lipinski definition) is 9. The van der Waals surface area contributed by atoms with Gasteiger partial charge in [0.15, 0.2) is 17.0 Å². The molecule has 27 heavy (non-hydrogen) atoms. The number of carbonyl (C=O) groups is 1. The minimum Gasteiger partial charge on any atom is -0.371 e. The molecule has 3 heterocycles. The Kier molecular flexibility index (Phi) is 5.95. The van der Waals surface area contributed by atoms with Crippen molar-refractivity contribution >= 4 is 37.4 Å². The molecular formula is C15H23N7O4P+. The molecule has 5 atom stereocenters. The Balaban J connectivity index is 1.70. The van der Waals surface area contributed by atoms with Crippen LogP contribution in [0.15, 0.2) is 6.33 Å². The van der Waals surface area contributed by atoms with Crippen LogP contribution in [0.1, 0.15) is 26.5 Å². The highest BCUT2D eigenvalue weighted by molar-refractivity contribution is 7.36. The van der Waals surface area contributed by atoms with Crippen molar-refractivity contribution in [2.45, 2.75) is 38.6 Å². The lowest BCUT2D eigenvalue weighted by Gasteiger charge is -2.17. The molecular weight excluding hydrogens is 373 g/mol. The Morgan fingerprint density at radius 2 is 2.33 bits per heavy atom. The molecule has 1 saturated heterocycles. The Morgan fingerprint density at radius 3 is 3.04 bits per heavy atom. The van der Waals surface area contributed by atoms with Crippen molar-refractivity contribution in [3.63, 3.8) is 0 Å². The highest BCUT2D eigenvalue weighted by atomic mass is 31.1. The lowest BCUT2D eigenvalue weighted by atomic mass is 10.1. The van der Waals surface area contributed by atoms with Gasteiger partial charge in [-0.05, 0) is 17.9 Å². The fourth-order valence-corrected chi connectivity index (χ4v) is 3.81. The van der Waals surface area contributed by atoms with E-state index < -0.39 is 14.2 Å². The fraction of sp³-hybridized carbons (Fsp3) is 0.600. The van der Waals surface area contributed by atoms with Crippen LogP contribution in [-0.4, -0.2) is 51.6 Å². The van der Waals surface area contributed by atoms with Gasteiger partial charge in [-0.1, -0.05) is 12.0 Å². The molecule has 0 spiro atoms. The molecule has 0 aromatic carbocycles. The molecule has 146 valence electrons. The van der Waals surface area contributed by atoms with Crippen LogP contribution in [0.25, 0.3) is 11.2 Å². The van der Waals surface area contributed by atoms with Crippen LogP contribution in [0.4, 0.5) is 11.8 Å². The molecule has 0 bridgehead atoms. The van der Waals surface area contributed by atoms with E-state index in [1.165, 1.54) is 0 Å². The van der Waals surface area contributed by atoms with E-state index in [-0.39, 0.29) is 30.8 Å². The molecule has 1 aliphatic rings. The molecule has 1 fully saturated rings. The van der Waals surface area contributed by atoms with Gasteiger partial charge in [0.2, 0.25) is 5.95 Å². The summed E-state index contributed by atoms with van der Waals surface area (Å²) < 4.78 is 25.0. The van der Waals surface area contributed by atoms with Gasteiger partial charge in [0.05, 0.1) is 12.4 Å². The Labute approximate surface area is 157 Å². The summed E-state index contributed by atoms with van der Waals surface area (Å²) in [5.74, 6) is 0.852. The molecule has 1 aliphatic heterocycles. The van der Waals surface area contributed by atoms with Gasteiger partial charge in [0, 0.05) is 13.0 Å². The molecule has 4 N–H and O–H groups in total. The van der Waals surface area contributed by atoms with E-state index >= 15 is 0 Å². The summed E-state index contributed by atoms with van der Waals surface area (Å²) in [7, 11) is -0.391. The maximum absolute atomic E-state index is 11.8. The zero-order valence-electron chi connectivity index (χ0n) is 15.3. The number of fused-ring (bicyclic) bond motifs is 1. The Hall–Kier alpha value is -2.20. The quantitative estimate of drug-likeness (QED) is 0.440. The summed E-state index contributed by atoms with van der Waals surface area (Å²) in [4.78, 5) is 23.4. The fourth-order valence-electron chi connectivity index (χ4n) is 3.04. The van der Waals surface area contributed by atoms with E-state index in [0.29, 0.717) is 23.3 Å². The summed E-state index contributed by atoms with van der Waals surface area (Å²) in [5.41, 5.74) is 6.98. The van der Waals surface area contributed by atoms with Gasteiger partial charge in [-0.15, -0.1) is 4.52 Å². The number of nitrogen functional groups attached to an aromatic ring is 1. The predicted octanol–water partition coefficient (Wildman–Crippen LogP) is 1.22. The van der Waals surface area contributed by atoms with E-state index in [2.05, 4.69) is 25.4 Å². The zero-order chi connectivity index (χ0) is 19.6. The maximum Gasteiger partial charge on any atom is 0.613 e. The Bertz CT molecular complexity index is 845. The average molecular weight is 396 g/mol. The third kappa shape index (κ3) is 4.22. The molecule has 12 heteroatoms. The van der Waals surface area contributed by atoms with Crippen molar-refractivity contribution in [3.05, 3.63) is 6.33 Å². The third-order valence-electron chi connectivity index (χ3n) is 4.29. The van der Waals surface area contributed by atoms with Crippen molar-refractivity contribution in [1.29, 1.82) is 0 Å². The van der Waals surface area contributed by atoms with Crippen LogP contribution in [-0.2, 0) is 18.6 Å². The molecule has 0 amide bonds. The van der Waals surface area contributed by atoms with Crippen LogP contribution in [0, 0.1) is 5.92 Å². The second-order valence-electron chi connectivity index (χ2n) is 6.47. The van der Waals surface area contributed by atoms with E-state index in [1.807, 2.05) is 11.5 Å². The molecule has 2 aromatic heterocycles. The van der Waals surface area contributed by atoms with Crippen molar-refractivity contribution in [2.24, 2.45) is 5.92 Å². The number of carbonyl (C=O) groups excluding carboxylic acids is 1. The number of nitrogens with one attached hydrogen (secondary N) is 2. The maximum atomic E-state index is 11.8. The zero-order valence-corrected chi connectivity index (χ0v) is 16.2. The van der Waals surface area contributed by atoms with Gasteiger partial charge in [0.25, 0.3) is 0 Å². The minimum atomic E-state index is -2.13. The first-order valence-corrected chi connectivity index (χ1v) is 9.75. The highest BCUT2D eigenvalue weighted by Gasteiger charge is 2.37. The standard InChI is InChI=1S/C15H23N7O4P/c1-8-4-10(6-25-27(24)21-9(2)5-23)26-14(8)22-7-18-11-12(17-3)19-15(16)20-13(11)22/h5,7-10,14H,4,6H2,1-3H3,(H,21,24)(H3,16,17,19,20)/q+1/t8-,9-,10-,14+/m0/s1. The lowest BCUT2D eigenvalue weighted by molar-refractivity contribution is -0.108. The van der Waals surface area contributed by atoms with Crippen LogP contribution in [0.3, 0.4) is 0 Å². The van der Waals surface area contributed by atoms with E-state index in [9.17, 15) is 9.36 Å². The highest BCUT2D eigenvalue weighted by Crippen LogP contribution is 2.37. The summed E-state index contributed by atoms with van der Waals surface area (Å²) in [5, 5.41) is 5.51. The van der Waals surface area contributed by atoms with E-state index in [4.69, 9.17) is 15.0 Å². The molecule has 0 radical (unpaired) electrons. The molecule has 3 rings (SSSR count). The van der Waals surface area contributed by atoms with Gasteiger partial charge >= 0.3 is 8.18 Å². The third-order valence-corrected chi connectivity index (χ3v) is 5.30. The summed E-state index contributed by atoms with van der Waals surface area (Å²) >= 11 is 0. The molecule has 11 nitrogen and oxygen atoms in total. The summed E-state index contributed by atoms with van der Waals surface area (Å²) in [6, 6.07) is -0.534. The van der Waals surface area contributed by atoms with Gasteiger partial charge in [-0.25, -0.2) is 4.98 Å². The molecule has 2 aromatic rings. The number of ether oxygens (including phenoxy) is 1. The number of anilines is 2. The van der Waals surface area contributed by atoms with E-state index in [1.54, 1.807) is 20.3 Å². The van der Waals surface area contributed by atoms with Crippen molar-refractivity contribution in [3.8, 4) is 0 Å². The second kappa shape index (κ2) is 8.22.